The summed E-state index contributed by atoms with van der Waals surface area (Å²) >= 11 is 0. The molecule has 0 bridgehead atoms. The Morgan fingerprint density at radius 1 is 0.923 bits per heavy atom. The van der Waals surface area contributed by atoms with E-state index in [1.165, 1.54) is 22.3 Å². The summed E-state index contributed by atoms with van der Waals surface area (Å²) in [5, 5.41) is 14.2. The van der Waals surface area contributed by atoms with E-state index in [9.17, 15) is 9.59 Å². The van der Waals surface area contributed by atoms with E-state index in [2.05, 4.69) is 34.9 Å². The fourth-order valence-corrected chi connectivity index (χ4v) is 3.22. The molecule has 2 aromatic carbocycles. The molecule has 0 unspecified atom stereocenters. The van der Waals surface area contributed by atoms with Gasteiger partial charge in [0.15, 0.2) is 0 Å². The van der Waals surface area contributed by atoms with Crippen LogP contribution in [0.1, 0.15) is 23.5 Å². The summed E-state index contributed by atoms with van der Waals surface area (Å²) in [4.78, 5) is 22.3. The average Bonchev–Trinajstić information content (AvgIpc) is 2.96. The first-order chi connectivity index (χ1) is 12.7. The van der Waals surface area contributed by atoms with Gasteiger partial charge in [-0.3, -0.25) is 4.79 Å². The van der Waals surface area contributed by atoms with Crippen LogP contribution in [0.25, 0.3) is 11.1 Å². The zero-order valence-corrected chi connectivity index (χ0v) is 14.4. The Balaban J connectivity index is 1.49. The Bertz CT molecular complexity index is 745. The number of hydrogen-bond donors (Lipinski definition) is 3. The van der Waals surface area contributed by atoms with Crippen molar-refractivity contribution >= 4 is 12.1 Å². The maximum absolute atomic E-state index is 11.9. The van der Waals surface area contributed by atoms with Crippen molar-refractivity contribution in [3.63, 3.8) is 0 Å². The fraction of sp³-hybridized carbons (Fsp3) is 0.300. The van der Waals surface area contributed by atoms with E-state index in [4.69, 9.17) is 9.84 Å². The van der Waals surface area contributed by atoms with Crippen LogP contribution in [0.4, 0.5) is 4.79 Å². The number of benzene rings is 2. The van der Waals surface area contributed by atoms with Crippen LogP contribution in [0.5, 0.6) is 0 Å². The lowest BCUT2D eigenvalue weighted by Crippen LogP contribution is -2.33. The first-order valence-corrected chi connectivity index (χ1v) is 8.68. The van der Waals surface area contributed by atoms with E-state index < -0.39 is 12.1 Å². The van der Waals surface area contributed by atoms with Gasteiger partial charge in [0, 0.05) is 25.6 Å². The average molecular weight is 354 g/mol. The Labute approximate surface area is 152 Å². The second kappa shape index (κ2) is 8.49. The highest BCUT2D eigenvalue weighted by atomic mass is 16.5. The van der Waals surface area contributed by atoms with Gasteiger partial charge in [-0.2, -0.15) is 0 Å². The lowest BCUT2D eigenvalue weighted by atomic mass is 9.98. The maximum atomic E-state index is 11.9. The number of carbonyl (C=O) groups is 2. The predicted octanol–water partition coefficient (Wildman–Crippen LogP) is 2.59. The topological polar surface area (TPSA) is 87.7 Å². The summed E-state index contributed by atoms with van der Waals surface area (Å²) in [6.45, 7) is 1.54. The van der Waals surface area contributed by atoms with E-state index in [0.717, 1.165) is 0 Å². The summed E-state index contributed by atoms with van der Waals surface area (Å²) in [7, 11) is 0. The minimum absolute atomic E-state index is 0.0434. The highest BCUT2D eigenvalue weighted by Crippen LogP contribution is 2.44. The van der Waals surface area contributed by atoms with Gasteiger partial charge in [0.1, 0.15) is 6.61 Å². The van der Waals surface area contributed by atoms with Gasteiger partial charge < -0.3 is 20.5 Å². The van der Waals surface area contributed by atoms with Gasteiger partial charge in [0.2, 0.25) is 0 Å². The maximum Gasteiger partial charge on any atom is 0.407 e. The minimum Gasteiger partial charge on any atom is -0.481 e. The van der Waals surface area contributed by atoms with Crippen LogP contribution in [-0.2, 0) is 9.53 Å². The summed E-state index contributed by atoms with van der Waals surface area (Å²) in [6, 6.07) is 16.4. The predicted molar refractivity (Wildman–Crippen MR) is 98.2 cm³/mol. The first kappa shape index (κ1) is 17.9. The molecule has 0 aliphatic heterocycles. The van der Waals surface area contributed by atoms with Crippen LogP contribution >= 0.6 is 0 Å². The highest BCUT2D eigenvalue weighted by Gasteiger charge is 2.28. The van der Waals surface area contributed by atoms with Crippen molar-refractivity contribution in [2.75, 3.05) is 26.2 Å². The number of aliphatic carboxylic acids is 1. The van der Waals surface area contributed by atoms with E-state index in [0.29, 0.717) is 19.6 Å². The highest BCUT2D eigenvalue weighted by molar-refractivity contribution is 5.79. The molecule has 1 aliphatic rings. The van der Waals surface area contributed by atoms with Crippen molar-refractivity contribution in [3.05, 3.63) is 59.7 Å². The summed E-state index contributed by atoms with van der Waals surface area (Å²) in [5.41, 5.74) is 4.74. The number of amides is 1. The molecular weight excluding hydrogens is 332 g/mol. The molecule has 6 nitrogen and oxygen atoms in total. The molecule has 0 aromatic heterocycles. The molecule has 0 saturated carbocycles. The SMILES string of the molecule is O=C(O)CCNCCNC(=O)OCC1c2ccccc2-c2ccccc21. The van der Waals surface area contributed by atoms with E-state index >= 15 is 0 Å². The van der Waals surface area contributed by atoms with E-state index in [1.807, 2.05) is 24.3 Å². The lowest BCUT2D eigenvalue weighted by Gasteiger charge is -2.14. The quantitative estimate of drug-likeness (QED) is 0.634. The molecule has 0 saturated heterocycles. The third-order valence-corrected chi connectivity index (χ3v) is 4.43. The molecular formula is C20H22N2O4. The van der Waals surface area contributed by atoms with Gasteiger partial charge in [-0.05, 0) is 22.3 Å². The van der Waals surface area contributed by atoms with Crippen LogP contribution in [0.2, 0.25) is 0 Å². The third kappa shape index (κ3) is 4.21. The van der Waals surface area contributed by atoms with Crippen LogP contribution in [0.3, 0.4) is 0 Å². The molecule has 1 aliphatic carbocycles. The molecule has 0 heterocycles. The normalized spacial score (nSPS) is 12.3. The van der Waals surface area contributed by atoms with Crippen molar-refractivity contribution in [1.29, 1.82) is 0 Å². The largest absolute Gasteiger partial charge is 0.481 e. The van der Waals surface area contributed by atoms with Crippen LogP contribution in [-0.4, -0.2) is 43.4 Å². The summed E-state index contributed by atoms with van der Waals surface area (Å²) in [6.07, 6.45) is -0.405. The van der Waals surface area contributed by atoms with Crippen molar-refractivity contribution < 1.29 is 19.4 Å². The minimum atomic E-state index is -0.845. The number of alkyl carbamates (subject to hydrolysis) is 1. The standard InChI is InChI=1S/C20H22N2O4/c23-19(24)9-10-21-11-12-22-20(25)26-13-18-16-7-3-1-5-14(16)15-6-2-4-8-17(15)18/h1-8,18,21H,9-13H2,(H,22,25)(H,23,24). The van der Waals surface area contributed by atoms with Gasteiger partial charge in [0.05, 0.1) is 6.42 Å². The molecule has 0 atom stereocenters. The van der Waals surface area contributed by atoms with E-state index in [-0.39, 0.29) is 18.9 Å². The Hall–Kier alpha value is -2.86. The van der Waals surface area contributed by atoms with Gasteiger partial charge in [-0.15, -0.1) is 0 Å². The molecule has 1 amide bonds. The number of carbonyl (C=O) groups excluding carboxylic acids is 1. The van der Waals surface area contributed by atoms with Crippen molar-refractivity contribution in [2.45, 2.75) is 12.3 Å². The molecule has 3 N–H and O–H groups in total. The molecule has 6 heteroatoms. The monoisotopic (exact) mass is 354 g/mol. The molecule has 0 radical (unpaired) electrons. The van der Waals surface area contributed by atoms with Crippen molar-refractivity contribution in [1.82, 2.24) is 10.6 Å². The van der Waals surface area contributed by atoms with Crippen LogP contribution in [0.15, 0.2) is 48.5 Å². The zero-order chi connectivity index (χ0) is 18.4. The Morgan fingerprint density at radius 2 is 1.54 bits per heavy atom. The fourth-order valence-electron chi connectivity index (χ4n) is 3.22. The molecule has 0 spiro atoms. The second-order valence-corrected chi connectivity index (χ2v) is 6.15. The molecule has 2 aromatic rings. The van der Waals surface area contributed by atoms with Crippen LogP contribution < -0.4 is 10.6 Å². The molecule has 136 valence electrons. The zero-order valence-electron chi connectivity index (χ0n) is 14.4. The Morgan fingerprint density at radius 3 is 2.15 bits per heavy atom. The molecule has 0 fully saturated rings. The lowest BCUT2D eigenvalue weighted by molar-refractivity contribution is -0.136. The van der Waals surface area contributed by atoms with Gasteiger partial charge in [-0.1, -0.05) is 48.5 Å². The number of rotatable bonds is 8. The van der Waals surface area contributed by atoms with Gasteiger partial charge in [0.25, 0.3) is 0 Å². The number of hydrogen-bond acceptors (Lipinski definition) is 4. The summed E-state index contributed by atoms with van der Waals surface area (Å²) in [5.74, 6) is -0.802. The number of nitrogens with one attached hydrogen (secondary N) is 2. The molecule has 26 heavy (non-hydrogen) atoms. The van der Waals surface area contributed by atoms with Crippen molar-refractivity contribution in [2.24, 2.45) is 0 Å². The number of carboxylic acids is 1. The van der Waals surface area contributed by atoms with E-state index in [1.54, 1.807) is 0 Å². The number of carboxylic acid groups (broad SMARTS) is 1. The van der Waals surface area contributed by atoms with Gasteiger partial charge >= 0.3 is 12.1 Å². The first-order valence-electron chi connectivity index (χ1n) is 8.68. The molecule has 3 rings (SSSR count). The van der Waals surface area contributed by atoms with Crippen LogP contribution in [0, 0.1) is 0 Å². The smallest absolute Gasteiger partial charge is 0.407 e. The van der Waals surface area contributed by atoms with Gasteiger partial charge in [-0.25, -0.2) is 4.79 Å². The summed E-state index contributed by atoms with van der Waals surface area (Å²) < 4.78 is 5.41. The number of ether oxygens (including phenoxy) is 1. The third-order valence-electron chi connectivity index (χ3n) is 4.43. The number of fused-ring (bicyclic) bond motifs is 3. The second-order valence-electron chi connectivity index (χ2n) is 6.15. The Kier molecular flexibility index (Phi) is 5.86. The van der Waals surface area contributed by atoms with Crippen molar-refractivity contribution in [3.8, 4) is 11.1 Å².